The SMILES string of the molecule is Cn1cc(CNC(=O)CCN)cn1. The normalized spacial score (nSPS) is 10.0. The molecule has 0 spiro atoms. The first-order valence-electron chi connectivity index (χ1n) is 4.16. The molecule has 0 aliphatic heterocycles. The van der Waals surface area contributed by atoms with Crippen molar-refractivity contribution in [3.63, 3.8) is 0 Å². The van der Waals surface area contributed by atoms with E-state index in [0.29, 0.717) is 19.5 Å². The molecule has 1 aromatic rings. The highest BCUT2D eigenvalue weighted by atomic mass is 16.1. The number of rotatable bonds is 4. The molecule has 0 saturated carbocycles. The van der Waals surface area contributed by atoms with Crippen LogP contribution in [0, 0.1) is 0 Å². The van der Waals surface area contributed by atoms with Crippen LogP contribution in [0.25, 0.3) is 0 Å². The maximum atomic E-state index is 11.0. The van der Waals surface area contributed by atoms with Crippen molar-refractivity contribution in [3.8, 4) is 0 Å². The standard InChI is InChI=1S/C8H14N4O/c1-12-6-7(5-11-12)4-10-8(13)2-3-9/h5-6H,2-4,9H2,1H3,(H,10,13). The molecule has 0 atom stereocenters. The maximum Gasteiger partial charge on any atom is 0.221 e. The average molecular weight is 182 g/mol. The summed E-state index contributed by atoms with van der Waals surface area (Å²) in [5.41, 5.74) is 6.22. The van der Waals surface area contributed by atoms with Crippen molar-refractivity contribution in [2.45, 2.75) is 13.0 Å². The van der Waals surface area contributed by atoms with E-state index in [2.05, 4.69) is 10.4 Å². The highest BCUT2D eigenvalue weighted by molar-refractivity contribution is 5.75. The number of aryl methyl sites for hydroxylation is 1. The number of nitrogens with zero attached hydrogens (tertiary/aromatic N) is 2. The third-order valence-corrected chi connectivity index (χ3v) is 1.62. The molecule has 13 heavy (non-hydrogen) atoms. The van der Waals surface area contributed by atoms with Gasteiger partial charge in [0, 0.05) is 38.3 Å². The van der Waals surface area contributed by atoms with Gasteiger partial charge in [-0.25, -0.2) is 0 Å². The summed E-state index contributed by atoms with van der Waals surface area (Å²) in [6.45, 7) is 0.908. The summed E-state index contributed by atoms with van der Waals surface area (Å²) in [6.07, 6.45) is 3.96. The molecular formula is C8H14N4O. The lowest BCUT2D eigenvalue weighted by atomic mass is 10.3. The van der Waals surface area contributed by atoms with Gasteiger partial charge < -0.3 is 11.1 Å². The fourth-order valence-corrected chi connectivity index (χ4v) is 0.983. The minimum atomic E-state index is -0.0219. The molecule has 1 aromatic heterocycles. The predicted molar refractivity (Wildman–Crippen MR) is 48.7 cm³/mol. The second kappa shape index (κ2) is 4.61. The van der Waals surface area contributed by atoms with Gasteiger partial charge in [-0.3, -0.25) is 9.48 Å². The van der Waals surface area contributed by atoms with Crippen LogP contribution in [0.15, 0.2) is 12.4 Å². The van der Waals surface area contributed by atoms with Gasteiger partial charge in [-0.1, -0.05) is 0 Å². The third-order valence-electron chi connectivity index (χ3n) is 1.62. The Balaban J connectivity index is 2.30. The molecule has 1 amide bonds. The minimum absolute atomic E-state index is 0.0219. The molecule has 5 nitrogen and oxygen atoms in total. The van der Waals surface area contributed by atoms with Gasteiger partial charge in [-0.05, 0) is 0 Å². The summed E-state index contributed by atoms with van der Waals surface area (Å²) in [4.78, 5) is 11.0. The summed E-state index contributed by atoms with van der Waals surface area (Å²) in [6, 6.07) is 0. The van der Waals surface area contributed by atoms with Crippen molar-refractivity contribution in [2.24, 2.45) is 12.8 Å². The molecule has 0 radical (unpaired) electrons. The van der Waals surface area contributed by atoms with Gasteiger partial charge in [0.05, 0.1) is 6.20 Å². The van der Waals surface area contributed by atoms with Crippen LogP contribution in [-0.2, 0) is 18.4 Å². The van der Waals surface area contributed by atoms with E-state index in [9.17, 15) is 4.79 Å². The highest BCUT2D eigenvalue weighted by Crippen LogP contribution is 1.94. The number of hydrogen-bond acceptors (Lipinski definition) is 3. The van der Waals surface area contributed by atoms with Crippen LogP contribution in [0.2, 0.25) is 0 Å². The van der Waals surface area contributed by atoms with Gasteiger partial charge in [0.1, 0.15) is 0 Å². The van der Waals surface area contributed by atoms with Crippen LogP contribution < -0.4 is 11.1 Å². The number of nitrogens with one attached hydrogen (secondary N) is 1. The maximum absolute atomic E-state index is 11.0. The Kier molecular flexibility index (Phi) is 3.45. The topological polar surface area (TPSA) is 72.9 Å². The van der Waals surface area contributed by atoms with Crippen LogP contribution in [-0.4, -0.2) is 22.2 Å². The molecule has 0 aliphatic rings. The molecule has 1 rings (SSSR count). The van der Waals surface area contributed by atoms with Crippen molar-refractivity contribution >= 4 is 5.91 Å². The molecule has 1 heterocycles. The Morgan fingerprint density at radius 3 is 3.08 bits per heavy atom. The van der Waals surface area contributed by atoms with Crippen LogP contribution in [0.4, 0.5) is 0 Å². The molecule has 0 aliphatic carbocycles. The number of aromatic nitrogens is 2. The van der Waals surface area contributed by atoms with Crippen molar-refractivity contribution in [3.05, 3.63) is 18.0 Å². The van der Waals surface area contributed by atoms with Gasteiger partial charge in [0.15, 0.2) is 0 Å². The quantitative estimate of drug-likeness (QED) is 0.652. The molecule has 0 saturated heterocycles. The Hall–Kier alpha value is -1.36. The second-order valence-corrected chi connectivity index (χ2v) is 2.84. The predicted octanol–water partition coefficient (Wildman–Crippen LogP) is -0.615. The van der Waals surface area contributed by atoms with Crippen molar-refractivity contribution < 1.29 is 4.79 Å². The molecule has 0 unspecified atom stereocenters. The summed E-state index contributed by atoms with van der Waals surface area (Å²) in [7, 11) is 1.84. The number of nitrogens with two attached hydrogens (primary N) is 1. The minimum Gasteiger partial charge on any atom is -0.352 e. The van der Waals surface area contributed by atoms with E-state index >= 15 is 0 Å². The van der Waals surface area contributed by atoms with Crippen LogP contribution in [0.5, 0.6) is 0 Å². The van der Waals surface area contributed by atoms with Crippen molar-refractivity contribution in [2.75, 3.05) is 6.54 Å². The first kappa shape index (κ1) is 9.73. The lowest BCUT2D eigenvalue weighted by molar-refractivity contribution is -0.121. The van der Waals surface area contributed by atoms with E-state index in [1.54, 1.807) is 10.9 Å². The zero-order valence-corrected chi connectivity index (χ0v) is 7.66. The smallest absolute Gasteiger partial charge is 0.221 e. The zero-order valence-electron chi connectivity index (χ0n) is 7.66. The monoisotopic (exact) mass is 182 g/mol. The molecule has 3 N–H and O–H groups in total. The largest absolute Gasteiger partial charge is 0.352 e. The molecule has 0 fully saturated rings. The molecule has 0 aromatic carbocycles. The number of carbonyl (C=O) groups is 1. The van der Waals surface area contributed by atoms with Crippen molar-refractivity contribution in [1.29, 1.82) is 0 Å². The van der Waals surface area contributed by atoms with Gasteiger partial charge in [0.2, 0.25) is 5.91 Å². The first-order chi connectivity index (χ1) is 6.22. The fourth-order valence-electron chi connectivity index (χ4n) is 0.983. The van der Waals surface area contributed by atoms with Crippen molar-refractivity contribution in [1.82, 2.24) is 15.1 Å². The van der Waals surface area contributed by atoms with E-state index in [1.807, 2.05) is 13.2 Å². The summed E-state index contributed by atoms with van der Waals surface area (Å²) in [5.74, 6) is -0.0219. The van der Waals surface area contributed by atoms with E-state index in [0.717, 1.165) is 5.56 Å². The number of amides is 1. The Bertz CT molecular complexity index is 281. The fraction of sp³-hybridized carbons (Fsp3) is 0.500. The van der Waals surface area contributed by atoms with Gasteiger partial charge in [-0.15, -0.1) is 0 Å². The zero-order chi connectivity index (χ0) is 9.68. The molecule has 72 valence electrons. The van der Waals surface area contributed by atoms with E-state index in [1.165, 1.54) is 0 Å². The second-order valence-electron chi connectivity index (χ2n) is 2.84. The third kappa shape index (κ3) is 3.25. The van der Waals surface area contributed by atoms with Crippen LogP contribution >= 0.6 is 0 Å². The van der Waals surface area contributed by atoms with Gasteiger partial charge in [-0.2, -0.15) is 5.10 Å². The Labute approximate surface area is 76.9 Å². The first-order valence-corrected chi connectivity index (χ1v) is 4.16. The highest BCUT2D eigenvalue weighted by Gasteiger charge is 2.00. The molecular weight excluding hydrogens is 168 g/mol. The van der Waals surface area contributed by atoms with E-state index in [-0.39, 0.29) is 5.91 Å². The molecule has 5 heteroatoms. The summed E-state index contributed by atoms with van der Waals surface area (Å²) >= 11 is 0. The summed E-state index contributed by atoms with van der Waals surface area (Å²) in [5, 5.41) is 6.72. The van der Waals surface area contributed by atoms with E-state index < -0.39 is 0 Å². The van der Waals surface area contributed by atoms with E-state index in [4.69, 9.17) is 5.73 Å². The van der Waals surface area contributed by atoms with Gasteiger partial charge in [0.25, 0.3) is 0 Å². The number of hydrogen-bond donors (Lipinski definition) is 2. The Morgan fingerprint density at radius 2 is 2.54 bits per heavy atom. The summed E-state index contributed by atoms with van der Waals surface area (Å²) < 4.78 is 1.70. The Morgan fingerprint density at radius 1 is 1.77 bits per heavy atom. The molecule has 0 bridgehead atoms. The lowest BCUT2D eigenvalue weighted by Gasteiger charge is -2.00. The van der Waals surface area contributed by atoms with Crippen LogP contribution in [0.3, 0.4) is 0 Å². The number of carbonyl (C=O) groups excluding carboxylic acids is 1. The van der Waals surface area contributed by atoms with Crippen LogP contribution in [0.1, 0.15) is 12.0 Å². The van der Waals surface area contributed by atoms with Gasteiger partial charge >= 0.3 is 0 Å². The average Bonchev–Trinajstić information content (AvgIpc) is 2.49. The lowest BCUT2D eigenvalue weighted by Crippen LogP contribution is -2.24.